The van der Waals surface area contributed by atoms with Gasteiger partial charge in [-0.15, -0.1) is 0 Å². The first-order valence-electron chi connectivity index (χ1n) is 6.21. The van der Waals surface area contributed by atoms with E-state index >= 15 is 0 Å². The number of halogens is 3. The van der Waals surface area contributed by atoms with E-state index in [-0.39, 0.29) is 6.42 Å². The Labute approximate surface area is 114 Å². The molecule has 2 rings (SSSR count). The quantitative estimate of drug-likeness (QED) is 0.911. The second-order valence-electron chi connectivity index (χ2n) is 4.67. The van der Waals surface area contributed by atoms with Crippen molar-refractivity contribution in [2.75, 3.05) is 0 Å². The SMILES string of the molecule is CCC(N)C(O)(c1ccc2ccccc2n1)C(F)(F)F. The molecule has 0 bridgehead atoms. The van der Waals surface area contributed by atoms with Crippen molar-refractivity contribution < 1.29 is 18.3 Å². The fraction of sp³-hybridized carbons (Fsp3) is 0.357. The van der Waals surface area contributed by atoms with Crippen LogP contribution in [0.3, 0.4) is 0 Å². The summed E-state index contributed by atoms with van der Waals surface area (Å²) in [7, 11) is 0. The number of hydrogen-bond donors (Lipinski definition) is 2. The van der Waals surface area contributed by atoms with Gasteiger partial charge >= 0.3 is 6.18 Å². The van der Waals surface area contributed by atoms with Gasteiger partial charge in [0.25, 0.3) is 0 Å². The Bertz CT molecular complexity index is 615. The minimum atomic E-state index is -4.89. The molecule has 1 heterocycles. The average Bonchev–Trinajstić information content (AvgIpc) is 2.43. The molecule has 6 heteroatoms. The number of fused-ring (bicyclic) bond motifs is 1. The lowest BCUT2D eigenvalue weighted by molar-refractivity contribution is -0.276. The van der Waals surface area contributed by atoms with Crippen LogP contribution < -0.4 is 5.73 Å². The molecule has 3 nitrogen and oxygen atoms in total. The molecule has 108 valence electrons. The second kappa shape index (κ2) is 5.03. The lowest BCUT2D eigenvalue weighted by Crippen LogP contribution is -2.55. The molecule has 0 saturated carbocycles. The number of benzene rings is 1. The number of rotatable bonds is 3. The smallest absolute Gasteiger partial charge is 0.374 e. The highest BCUT2D eigenvalue weighted by atomic mass is 19.4. The van der Waals surface area contributed by atoms with Gasteiger partial charge in [0.15, 0.2) is 0 Å². The number of hydrogen-bond acceptors (Lipinski definition) is 3. The molecule has 2 atom stereocenters. The molecule has 0 spiro atoms. The van der Waals surface area contributed by atoms with Gasteiger partial charge < -0.3 is 10.8 Å². The Hall–Kier alpha value is -1.66. The molecule has 0 aliphatic rings. The summed E-state index contributed by atoms with van der Waals surface area (Å²) in [5.74, 6) is 0. The van der Waals surface area contributed by atoms with Crippen molar-refractivity contribution in [2.24, 2.45) is 5.73 Å². The van der Waals surface area contributed by atoms with Gasteiger partial charge in [-0.25, -0.2) is 4.98 Å². The molecular weight excluding hydrogens is 269 g/mol. The van der Waals surface area contributed by atoms with Gasteiger partial charge in [-0.1, -0.05) is 31.2 Å². The molecule has 2 aromatic rings. The summed E-state index contributed by atoms with van der Waals surface area (Å²) in [5, 5.41) is 10.8. The van der Waals surface area contributed by atoms with Crippen molar-refractivity contribution in [3.05, 3.63) is 42.1 Å². The molecule has 0 fully saturated rings. The highest BCUT2D eigenvalue weighted by Crippen LogP contribution is 2.41. The Kier molecular flexibility index (Phi) is 3.71. The van der Waals surface area contributed by atoms with Crippen LogP contribution in [0, 0.1) is 0 Å². The molecule has 20 heavy (non-hydrogen) atoms. The zero-order valence-corrected chi connectivity index (χ0v) is 10.9. The Morgan fingerprint density at radius 2 is 1.85 bits per heavy atom. The lowest BCUT2D eigenvalue weighted by atomic mass is 9.88. The van der Waals surface area contributed by atoms with Crippen molar-refractivity contribution in [1.29, 1.82) is 0 Å². The maximum Gasteiger partial charge on any atom is 0.424 e. The maximum absolute atomic E-state index is 13.3. The van der Waals surface area contributed by atoms with Gasteiger partial charge in [-0.3, -0.25) is 0 Å². The third-order valence-electron chi connectivity index (χ3n) is 3.40. The van der Waals surface area contributed by atoms with Crippen LogP contribution in [0.2, 0.25) is 0 Å². The van der Waals surface area contributed by atoms with Gasteiger partial charge in [-0.2, -0.15) is 13.2 Å². The van der Waals surface area contributed by atoms with Crippen molar-refractivity contribution in [2.45, 2.75) is 31.2 Å². The van der Waals surface area contributed by atoms with Gasteiger partial charge in [0.1, 0.15) is 0 Å². The van der Waals surface area contributed by atoms with Crippen LogP contribution in [-0.4, -0.2) is 22.3 Å². The summed E-state index contributed by atoms with van der Waals surface area (Å²) in [4.78, 5) is 3.93. The van der Waals surface area contributed by atoms with Crippen LogP contribution in [0.25, 0.3) is 10.9 Å². The van der Waals surface area contributed by atoms with Crippen LogP contribution in [0.15, 0.2) is 36.4 Å². The third kappa shape index (κ3) is 2.25. The van der Waals surface area contributed by atoms with Gasteiger partial charge in [-0.05, 0) is 18.6 Å². The van der Waals surface area contributed by atoms with E-state index in [1.165, 1.54) is 19.1 Å². The van der Waals surface area contributed by atoms with E-state index in [2.05, 4.69) is 4.98 Å². The van der Waals surface area contributed by atoms with Gasteiger partial charge in [0.05, 0.1) is 11.2 Å². The molecule has 0 amide bonds. The Morgan fingerprint density at radius 1 is 1.20 bits per heavy atom. The first-order valence-corrected chi connectivity index (χ1v) is 6.21. The van der Waals surface area contributed by atoms with E-state index in [4.69, 9.17) is 5.73 Å². The van der Waals surface area contributed by atoms with Gasteiger partial charge in [0.2, 0.25) is 5.60 Å². The lowest BCUT2D eigenvalue weighted by Gasteiger charge is -2.34. The molecular formula is C14H15F3N2O. The molecule has 3 N–H and O–H groups in total. The van der Waals surface area contributed by atoms with E-state index in [9.17, 15) is 18.3 Å². The van der Waals surface area contributed by atoms with Crippen molar-refractivity contribution in [3.8, 4) is 0 Å². The predicted octanol–water partition coefficient (Wildman–Crippen LogP) is 2.72. The highest BCUT2D eigenvalue weighted by molar-refractivity contribution is 5.78. The number of para-hydroxylation sites is 1. The molecule has 2 unspecified atom stereocenters. The summed E-state index contributed by atoms with van der Waals surface area (Å²) in [6.45, 7) is 1.49. The zero-order chi connectivity index (χ0) is 15.0. The summed E-state index contributed by atoms with van der Waals surface area (Å²) in [6, 6.07) is 7.95. The zero-order valence-electron chi connectivity index (χ0n) is 10.9. The molecule has 0 aliphatic heterocycles. The van der Waals surface area contributed by atoms with Crippen molar-refractivity contribution >= 4 is 10.9 Å². The molecule has 0 saturated heterocycles. The second-order valence-corrected chi connectivity index (χ2v) is 4.67. The molecule has 0 radical (unpaired) electrons. The normalized spacial score (nSPS) is 16.9. The standard InChI is InChI=1S/C14H15F3N2O/c1-2-11(18)13(20,14(15,16)17)12-8-7-9-5-3-4-6-10(9)19-12/h3-8,11,20H,2,18H2,1H3. The predicted molar refractivity (Wildman–Crippen MR) is 70.0 cm³/mol. The van der Waals surface area contributed by atoms with Crippen molar-refractivity contribution in [1.82, 2.24) is 4.98 Å². The average molecular weight is 284 g/mol. The number of aromatic nitrogens is 1. The van der Waals surface area contributed by atoms with E-state index in [1.54, 1.807) is 24.3 Å². The van der Waals surface area contributed by atoms with Crippen molar-refractivity contribution in [3.63, 3.8) is 0 Å². The summed E-state index contributed by atoms with van der Waals surface area (Å²) in [5.41, 5.74) is 2.27. The van der Waals surface area contributed by atoms with E-state index in [0.29, 0.717) is 10.9 Å². The highest BCUT2D eigenvalue weighted by Gasteiger charge is 2.59. The third-order valence-corrected chi connectivity index (χ3v) is 3.40. The number of nitrogens with two attached hydrogens (primary N) is 1. The minimum absolute atomic E-state index is 0.0233. The van der Waals surface area contributed by atoms with E-state index in [0.717, 1.165) is 0 Å². The Morgan fingerprint density at radius 3 is 2.45 bits per heavy atom. The maximum atomic E-state index is 13.3. The van der Waals surface area contributed by atoms with Crippen LogP contribution in [0.1, 0.15) is 19.0 Å². The minimum Gasteiger partial charge on any atom is -0.374 e. The van der Waals surface area contributed by atoms with Crippen LogP contribution in [0.4, 0.5) is 13.2 Å². The number of nitrogens with zero attached hydrogens (tertiary/aromatic N) is 1. The molecule has 0 aliphatic carbocycles. The van der Waals surface area contributed by atoms with Crippen LogP contribution in [-0.2, 0) is 5.60 Å². The number of alkyl halides is 3. The monoisotopic (exact) mass is 284 g/mol. The van der Waals surface area contributed by atoms with Gasteiger partial charge in [0, 0.05) is 11.4 Å². The van der Waals surface area contributed by atoms with Crippen LogP contribution >= 0.6 is 0 Å². The fourth-order valence-corrected chi connectivity index (χ4v) is 2.12. The first kappa shape index (κ1) is 14.7. The summed E-state index contributed by atoms with van der Waals surface area (Å²) >= 11 is 0. The summed E-state index contributed by atoms with van der Waals surface area (Å²) < 4.78 is 39.8. The number of aliphatic hydroxyl groups is 1. The van der Waals surface area contributed by atoms with E-state index < -0.39 is 23.5 Å². The Balaban J connectivity index is 2.63. The first-order chi connectivity index (χ1) is 9.30. The van der Waals surface area contributed by atoms with E-state index in [1.807, 2.05) is 0 Å². The fourth-order valence-electron chi connectivity index (χ4n) is 2.12. The summed E-state index contributed by atoms with van der Waals surface area (Å²) in [6.07, 6.45) is -4.91. The molecule has 1 aromatic heterocycles. The molecule has 1 aromatic carbocycles. The largest absolute Gasteiger partial charge is 0.424 e. The van der Waals surface area contributed by atoms with Crippen LogP contribution in [0.5, 0.6) is 0 Å². The number of pyridine rings is 1. The topological polar surface area (TPSA) is 59.1 Å².